The van der Waals surface area contributed by atoms with Gasteiger partial charge >= 0.3 is 0 Å². The highest BCUT2D eigenvalue weighted by Crippen LogP contribution is 2.28. The number of halogens is 2. The smallest absolute Gasteiger partial charge is 0.229 e. The third-order valence-electron chi connectivity index (χ3n) is 5.23. The molecule has 1 aliphatic heterocycles. The van der Waals surface area contributed by atoms with Crippen LogP contribution in [0.25, 0.3) is 0 Å². The van der Waals surface area contributed by atoms with Crippen LogP contribution in [0.5, 0.6) is 0 Å². The first-order chi connectivity index (χ1) is 14.1. The Labute approximate surface area is 167 Å². The van der Waals surface area contributed by atoms with Gasteiger partial charge in [0.25, 0.3) is 0 Å². The van der Waals surface area contributed by atoms with Crippen molar-refractivity contribution >= 4 is 0 Å². The normalized spacial score (nSPS) is 15.3. The number of aromatic nitrogens is 2. The van der Waals surface area contributed by atoms with Gasteiger partial charge in [0.1, 0.15) is 0 Å². The van der Waals surface area contributed by atoms with Gasteiger partial charge in [0.05, 0.1) is 11.6 Å². The van der Waals surface area contributed by atoms with Gasteiger partial charge in [-0.2, -0.15) is 10.2 Å². The monoisotopic (exact) mass is 394 g/mol. The second kappa shape index (κ2) is 8.50. The third kappa shape index (κ3) is 4.66. The summed E-state index contributed by atoms with van der Waals surface area (Å²) in [6.07, 6.45) is 2.12. The van der Waals surface area contributed by atoms with Crippen molar-refractivity contribution in [2.75, 3.05) is 13.1 Å². The minimum absolute atomic E-state index is 0.197. The summed E-state index contributed by atoms with van der Waals surface area (Å²) in [5.41, 5.74) is 2.41. The van der Waals surface area contributed by atoms with E-state index < -0.39 is 11.6 Å². The molecule has 0 amide bonds. The van der Waals surface area contributed by atoms with Crippen LogP contribution >= 0.6 is 0 Å². The molecule has 0 atom stereocenters. The fraction of sp³-hybridized carbons (Fsp3) is 0.318. The fourth-order valence-corrected chi connectivity index (χ4v) is 3.67. The molecule has 0 unspecified atom stereocenters. The maximum absolute atomic E-state index is 13.4. The van der Waals surface area contributed by atoms with Crippen molar-refractivity contribution in [3.63, 3.8) is 0 Å². The third-order valence-corrected chi connectivity index (χ3v) is 5.23. The zero-order valence-corrected chi connectivity index (χ0v) is 15.8. The minimum Gasteiger partial charge on any atom is -0.339 e. The Morgan fingerprint density at radius 3 is 2.66 bits per heavy atom. The van der Waals surface area contributed by atoms with Crippen molar-refractivity contribution < 1.29 is 13.3 Å². The minimum atomic E-state index is -0.876. The van der Waals surface area contributed by atoms with E-state index in [9.17, 15) is 8.78 Å². The number of nitrogens with zero attached hydrogens (tertiary/aromatic N) is 4. The van der Waals surface area contributed by atoms with Gasteiger partial charge in [0.2, 0.25) is 5.89 Å². The summed E-state index contributed by atoms with van der Waals surface area (Å²) in [6.45, 7) is 2.62. The molecule has 1 aliphatic rings. The Bertz CT molecular complexity index is 1040. The highest BCUT2D eigenvalue weighted by Gasteiger charge is 2.25. The number of benzene rings is 2. The van der Waals surface area contributed by atoms with Gasteiger partial charge in [-0.15, -0.1) is 0 Å². The van der Waals surface area contributed by atoms with Crippen LogP contribution < -0.4 is 0 Å². The van der Waals surface area contributed by atoms with Crippen molar-refractivity contribution in [2.45, 2.75) is 31.7 Å². The van der Waals surface area contributed by atoms with E-state index in [4.69, 9.17) is 9.78 Å². The van der Waals surface area contributed by atoms with Crippen molar-refractivity contribution in [2.24, 2.45) is 0 Å². The number of hydrogen-bond acceptors (Lipinski definition) is 5. The van der Waals surface area contributed by atoms with Gasteiger partial charge in [0.15, 0.2) is 17.5 Å². The maximum atomic E-state index is 13.4. The van der Waals surface area contributed by atoms with Crippen LogP contribution in [0.15, 0.2) is 47.0 Å². The summed E-state index contributed by atoms with van der Waals surface area (Å²) in [7, 11) is 0. The molecule has 1 saturated heterocycles. The van der Waals surface area contributed by atoms with Crippen molar-refractivity contribution in [3.05, 3.63) is 82.5 Å². The van der Waals surface area contributed by atoms with Crippen molar-refractivity contribution in [1.29, 1.82) is 5.26 Å². The molecule has 0 saturated carbocycles. The van der Waals surface area contributed by atoms with Gasteiger partial charge < -0.3 is 4.52 Å². The van der Waals surface area contributed by atoms with E-state index in [1.54, 1.807) is 0 Å². The van der Waals surface area contributed by atoms with Crippen LogP contribution in [0.2, 0.25) is 0 Å². The predicted molar refractivity (Wildman–Crippen MR) is 102 cm³/mol. The topological polar surface area (TPSA) is 66.0 Å². The van der Waals surface area contributed by atoms with Crippen LogP contribution in [0.3, 0.4) is 0 Å². The molecule has 0 spiro atoms. The molecule has 5 nitrogen and oxygen atoms in total. The number of likely N-dealkylation sites (tertiary alicyclic amines) is 1. The fourth-order valence-electron chi connectivity index (χ4n) is 3.67. The Morgan fingerprint density at radius 2 is 1.90 bits per heavy atom. The molecule has 3 aromatic rings. The molecule has 1 fully saturated rings. The average molecular weight is 394 g/mol. The Hall–Kier alpha value is -3.11. The number of rotatable bonds is 5. The van der Waals surface area contributed by atoms with Crippen LogP contribution in [-0.4, -0.2) is 28.1 Å². The summed E-state index contributed by atoms with van der Waals surface area (Å²) in [5.74, 6) is -0.467. The second-order valence-electron chi connectivity index (χ2n) is 7.34. The lowest BCUT2D eigenvalue weighted by molar-refractivity contribution is 0.187. The molecule has 2 heterocycles. The number of hydrogen-bond donors (Lipinski definition) is 0. The Balaban J connectivity index is 1.33. The first-order valence-electron chi connectivity index (χ1n) is 9.58. The zero-order valence-electron chi connectivity index (χ0n) is 15.8. The average Bonchev–Trinajstić information content (AvgIpc) is 3.20. The molecule has 0 aliphatic carbocycles. The summed E-state index contributed by atoms with van der Waals surface area (Å²) in [5, 5.41) is 13.0. The van der Waals surface area contributed by atoms with E-state index in [2.05, 4.69) is 21.1 Å². The van der Waals surface area contributed by atoms with Gasteiger partial charge in [-0.1, -0.05) is 23.4 Å². The number of piperidine rings is 1. The quantitative estimate of drug-likeness (QED) is 0.649. The first-order valence-corrected chi connectivity index (χ1v) is 9.58. The largest absolute Gasteiger partial charge is 0.339 e. The summed E-state index contributed by atoms with van der Waals surface area (Å²) in [4.78, 5) is 6.82. The SMILES string of the molecule is N#Cc1cccc(CN2CCC(c3nc(Cc4ccc(F)c(F)c4)no3)CC2)c1. The van der Waals surface area contributed by atoms with E-state index in [1.807, 2.05) is 24.3 Å². The summed E-state index contributed by atoms with van der Waals surface area (Å²) in [6, 6.07) is 13.6. The molecule has 0 bridgehead atoms. The molecule has 2 aromatic carbocycles. The lowest BCUT2D eigenvalue weighted by Gasteiger charge is -2.30. The van der Waals surface area contributed by atoms with Crippen LogP contribution in [-0.2, 0) is 13.0 Å². The lowest BCUT2D eigenvalue weighted by Crippen LogP contribution is -2.32. The standard InChI is InChI=1S/C22H20F2N4O/c23-19-5-4-15(11-20(19)24)12-21-26-22(29-27-21)18-6-8-28(9-7-18)14-17-3-1-2-16(10-17)13-25/h1-5,10-11,18H,6-9,12,14H2. The second-order valence-corrected chi connectivity index (χ2v) is 7.34. The van der Waals surface area contributed by atoms with Crippen LogP contribution in [0, 0.1) is 23.0 Å². The highest BCUT2D eigenvalue weighted by molar-refractivity contribution is 5.32. The van der Waals surface area contributed by atoms with Gasteiger partial charge in [-0.3, -0.25) is 4.90 Å². The molecule has 0 N–H and O–H groups in total. The lowest BCUT2D eigenvalue weighted by atomic mass is 9.96. The summed E-state index contributed by atoms with van der Waals surface area (Å²) >= 11 is 0. The van der Waals surface area contributed by atoms with E-state index in [1.165, 1.54) is 6.07 Å². The van der Waals surface area contributed by atoms with E-state index in [0.29, 0.717) is 29.3 Å². The molecule has 0 radical (unpaired) electrons. The highest BCUT2D eigenvalue weighted by atomic mass is 19.2. The Morgan fingerprint density at radius 1 is 1.07 bits per heavy atom. The maximum Gasteiger partial charge on any atom is 0.229 e. The van der Waals surface area contributed by atoms with Gasteiger partial charge in [0, 0.05) is 18.9 Å². The molecule has 4 rings (SSSR count). The van der Waals surface area contributed by atoms with E-state index in [-0.39, 0.29) is 5.92 Å². The summed E-state index contributed by atoms with van der Waals surface area (Å²) < 4.78 is 31.8. The molecule has 7 heteroatoms. The molecule has 29 heavy (non-hydrogen) atoms. The first kappa shape index (κ1) is 19.2. The Kier molecular flexibility index (Phi) is 5.63. The predicted octanol–water partition coefficient (Wildman–Crippen LogP) is 4.19. The molecule has 148 valence electrons. The van der Waals surface area contributed by atoms with E-state index >= 15 is 0 Å². The van der Waals surface area contributed by atoms with Crippen LogP contribution in [0.1, 0.15) is 47.2 Å². The van der Waals surface area contributed by atoms with E-state index in [0.717, 1.165) is 50.2 Å². The van der Waals surface area contributed by atoms with Gasteiger partial charge in [-0.25, -0.2) is 8.78 Å². The molecular weight excluding hydrogens is 374 g/mol. The molecule has 1 aromatic heterocycles. The zero-order chi connectivity index (χ0) is 20.2. The number of nitriles is 1. The van der Waals surface area contributed by atoms with Crippen molar-refractivity contribution in [1.82, 2.24) is 15.0 Å². The van der Waals surface area contributed by atoms with Gasteiger partial charge in [-0.05, 0) is 61.3 Å². The van der Waals surface area contributed by atoms with Crippen molar-refractivity contribution in [3.8, 4) is 6.07 Å². The molecular formula is C22H20F2N4O. The van der Waals surface area contributed by atoms with Crippen LogP contribution in [0.4, 0.5) is 8.78 Å².